The lowest BCUT2D eigenvalue weighted by molar-refractivity contribution is -0.151. The van der Waals surface area contributed by atoms with Gasteiger partial charge in [-0.3, -0.25) is 4.79 Å². The molecule has 1 rings (SSSR count). The maximum absolute atomic E-state index is 12.2. The van der Waals surface area contributed by atoms with Crippen molar-refractivity contribution in [1.29, 1.82) is 0 Å². The molecule has 0 atom stereocenters. The predicted octanol–water partition coefficient (Wildman–Crippen LogP) is 4.27. The average molecular weight is 280 g/mol. The molecule has 5 heteroatoms. The van der Waals surface area contributed by atoms with Gasteiger partial charge in [0.05, 0.1) is 0 Å². The van der Waals surface area contributed by atoms with Gasteiger partial charge in [-0.25, -0.2) is 0 Å². The van der Waals surface area contributed by atoms with E-state index in [0.29, 0.717) is 12.8 Å². The number of carbonyl (C=O) groups is 1. The average Bonchev–Trinajstić information content (AvgIpc) is 2.28. The molecular weight excluding hydrogens is 257 g/mol. The lowest BCUT2D eigenvalue weighted by Crippen LogP contribution is -2.45. The third kappa shape index (κ3) is 4.79. The molecule has 0 aromatic heterocycles. The molecule has 2 nitrogen and oxygen atoms in total. The fourth-order valence-electron chi connectivity index (χ4n) is 2.60. The van der Waals surface area contributed by atoms with Crippen LogP contribution in [-0.4, -0.2) is 24.7 Å². The highest BCUT2D eigenvalue weighted by atomic mass is 19.4. The summed E-state index contributed by atoms with van der Waals surface area (Å²) in [4.78, 5) is 12.2. The fraction of sp³-hybridized carbons (Fsp3) is 0.929. The summed E-state index contributed by atoms with van der Waals surface area (Å²) in [5.41, 5.74) is -0.657. The standard InChI is InChI=1S/C14H23F3O2/c1-12(2)7-9-13(19-3,10-8-12)11(18)5-4-6-14(15,16)17/h4-10H2,1-3H3. The van der Waals surface area contributed by atoms with Gasteiger partial charge in [-0.1, -0.05) is 13.8 Å². The number of ketones is 1. The second-order valence-corrected chi connectivity index (χ2v) is 6.25. The van der Waals surface area contributed by atoms with Gasteiger partial charge in [-0.15, -0.1) is 0 Å². The topological polar surface area (TPSA) is 26.3 Å². The van der Waals surface area contributed by atoms with Crippen LogP contribution in [0.15, 0.2) is 0 Å². The van der Waals surface area contributed by atoms with Gasteiger partial charge in [0.25, 0.3) is 0 Å². The van der Waals surface area contributed by atoms with Gasteiger partial charge in [0.15, 0.2) is 5.78 Å². The number of rotatable bonds is 5. The van der Waals surface area contributed by atoms with E-state index < -0.39 is 18.2 Å². The lowest BCUT2D eigenvalue weighted by Gasteiger charge is -2.41. The Bertz CT molecular complexity index is 311. The van der Waals surface area contributed by atoms with E-state index in [1.165, 1.54) is 7.11 Å². The van der Waals surface area contributed by atoms with Crippen LogP contribution in [0.4, 0.5) is 13.2 Å². The van der Waals surface area contributed by atoms with E-state index >= 15 is 0 Å². The van der Waals surface area contributed by atoms with Crippen molar-refractivity contribution in [3.63, 3.8) is 0 Å². The Labute approximate surface area is 112 Å². The summed E-state index contributed by atoms with van der Waals surface area (Å²) in [6, 6.07) is 0. The first-order valence-electron chi connectivity index (χ1n) is 6.75. The highest BCUT2D eigenvalue weighted by Gasteiger charge is 2.43. The Morgan fingerprint density at radius 1 is 1.16 bits per heavy atom. The van der Waals surface area contributed by atoms with Crippen LogP contribution < -0.4 is 0 Å². The first kappa shape index (κ1) is 16.5. The fourth-order valence-corrected chi connectivity index (χ4v) is 2.60. The van der Waals surface area contributed by atoms with Crippen molar-refractivity contribution in [1.82, 2.24) is 0 Å². The van der Waals surface area contributed by atoms with Crippen LogP contribution in [0.25, 0.3) is 0 Å². The number of hydrogen-bond donors (Lipinski definition) is 0. The molecule has 0 saturated heterocycles. The molecule has 0 N–H and O–H groups in total. The van der Waals surface area contributed by atoms with Crippen molar-refractivity contribution in [2.45, 2.75) is 70.6 Å². The van der Waals surface area contributed by atoms with Gasteiger partial charge >= 0.3 is 6.18 Å². The molecule has 1 saturated carbocycles. The molecule has 0 heterocycles. The SMILES string of the molecule is COC1(C(=O)CCCC(F)(F)F)CCC(C)(C)CC1. The van der Waals surface area contributed by atoms with Crippen molar-refractivity contribution in [2.24, 2.45) is 5.41 Å². The second kappa shape index (κ2) is 5.81. The molecule has 0 aromatic carbocycles. The summed E-state index contributed by atoms with van der Waals surface area (Å²) in [5.74, 6) is -0.172. The smallest absolute Gasteiger partial charge is 0.370 e. The Hall–Kier alpha value is -0.580. The van der Waals surface area contributed by atoms with E-state index in [4.69, 9.17) is 4.74 Å². The number of Topliss-reactive ketones (excluding diaryl/α,β-unsaturated/α-hetero) is 1. The van der Waals surface area contributed by atoms with E-state index in [2.05, 4.69) is 13.8 Å². The summed E-state index contributed by atoms with van der Waals surface area (Å²) in [7, 11) is 1.49. The van der Waals surface area contributed by atoms with Crippen molar-refractivity contribution in [3.05, 3.63) is 0 Å². The summed E-state index contributed by atoms with van der Waals surface area (Å²) in [6.45, 7) is 4.28. The number of halogens is 3. The molecule has 112 valence electrons. The molecule has 0 aromatic rings. The summed E-state index contributed by atoms with van der Waals surface area (Å²) < 4.78 is 41.6. The molecule has 0 radical (unpaired) electrons. The Morgan fingerprint density at radius 3 is 2.11 bits per heavy atom. The first-order chi connectivity index (χ1) is 8.60. The molecule has 1 aliphatic rings. The Morgan fingerprint density at radius 2 is 1.68 bits per heavy atom. The summed E-state index contributed by atoms with van der Waals surface area (Å²) in [5, 5.41) is 0. The zero-order valence-electron chi connectivity index (χ0n) is 11.9. The monoisotopic (exact) mass is 280 g/mol. The highest BCUT2D eigenvalue weighted by Crippen LogP contribution is 2.42. The van der Waals surface area contributed by atoms with Gasteiger partial charge in [0, 0.05) is 20.0 Å². The van der Waals surface area contributed by atoms with E-state index in [1.807, 2.05) is 0 Å². The molecule has 0 bridgehead atoms. The minimum Gasteiger partial charge on any atom is -0.370 e. The second-order valence-electron chi connectivity index (χ2n) is 6.25. The predicted molar refractivity (Wildman–Crippen MR) is 66.9 cm³/mol. The van der Waals surface area contributed by atoms with Crippen LogP contribution in [0.5, 0.6) is 0 Å². The zero-order valence-corrected chi connectivity index (χ0v) is 11.9. The molecule has 0 spiro atoms. The quantitative estimate of drug-likeness (QED) is 0.751. The van der Waals surface area contributed by atoms with Gasteiger partial charge in [0.1, 0.15) is 5.60 Å². The van der Waals surface area contributed by atoms with Crippen LogP contribution in [0.2, 0.25) is 0 Å². The van der Waals surface area contributed by atoms with Gasteiger partial charge in [-0.05, 0) is 37.5 Å². The zero-order chi connectivity index (χ0) is 14.7. The minimum absolute atomic E-state index is 0.0478. The molecular formula is C14H23F3O2. The number of carbonyl (C=O) groups excluding carboxylic acids is 1. The van der Waals surface area contributed by atoms with Crippen LogP contribution in [0.1, 0.15) is 58.8 Å². The molecule has 1 aliphatic carbocycles. The number of ether oxygens (including phenoxy) is 1. The normalized spacial score (nSPS) is 22.2. The minimum atomic E-state index is -4.19. The molecule has 0 aliphatic heterocycles. The van der Waals surface area contributed by atoms with E-state index in [1.54, 1.807) is 0 Å². The molecule has 1 fully saturated rings. The van der Waals surface area contributed by atoms with E-state index in [-0.39, 0.29) is 24.0 Å². The van der Waals surface area contributed by atoms with Gasteiger partial charge in [0.2, 0.25) is 0 Å². The lowest BCUT2D eigenvalue weighted by atomic mass is 9.69. The highest BCUT2D eigenvalue weighted by molar-refractivity contribution is 5.87. The number of alkyl halides is 3. The van der Waals surface area contributed by atoms with Crippen molar-refractivity contribution in [2.75, 3.05) is 7.11 Å². The largest absolute Gasteiger partial charge is 0.389 e. The van der Waals surface area contributed by atoms with E-state index in [0.717, 1.165) is 12.8 Å². The maximum atomic E-state index is 12.2. The first-order valence-corrected chi connectivity index (χ1v) is 6.75. The molecule has 0 unspecified atom stereocenters. The van der Waals surface area contributed by atoms with E-state index in [9.17, 15) is 18.0 Å². The van der Waals surface area contributed by atoms with Crippen LogP contribution >= 0.6 is 0 Å². The molecule has 19 heavy (non-hydrogen) atoms. The summed E-state index contributed by atoms with van der Waals surface area (Å²) in [6.07, 6.45) is -2.32. The number of hydrogen-bond acceptors (Lipinski definition) is 2. The third-order valence-corrected chi connectivity index (χ3v) is 4.17. The Kier molecular flexibility index (Phi) is 5.04. The van der Waals surface area contributed by atoms with Crippen molar-refractivity contribution in [3.8, 4) is 0 Å². The maximum Gasteiger partial charge on any atom is 0.389 e. The van der Waals surface area contributed by atoms with Crippen molar-refractivity contribution >= 4 is 5.78 Å². The van der Waals surface area contributed by atoms with Gasteiger partial charge in [-0.2, -0.15) is 13.2 Å². The van der Waals surface area contributed by atoms with Crippen LogP contribution in [0.3, 0.4) is 0 Å². The number of methoxy groups -OCH3 is 1. The van der Waals surface area contributed by atoms with Crippen molar-refractivity contribution < 1.29 is 22.7 Å². The third-order valence-electron chi connectivity index (χ3n) is 4.17. The van der Waals surface area contributed by atoms with Crippen LogP contribution in [-0.2, 0) is 9.53 Å². The van der Waals surface area contributed by atoms with Crippen LogP contribution in [0, 0.1) is 5.41 Å². The Balaban J connectivity index is 2.53. The van der Waals surface area contributed by atoms with Gasteiger partial charge < -0.3 is 4.74 Å². The summed E-state index contributed by atoms with van der Waals surface area (Å²) >= 11 is 0. The molecule has 0 amide bonds.